The van der Waals surface area contributed by atoms with Crippen molar-refractivity contribution in [3.8, 4) is 11.5 Å². The molecule has 0 spiro atoms. The second-order valence-corrected chi connectivity index (χ2v) is 5.72. The van der Waals surface area contributed by atoms with Gasteiger partial charge in [0.25, 0.3) is 0 Å². The van der Waals surface area contributed by atoms with Crippen LogP contribution < -0.4 is 10.5 Å². The van der Waals surface area contributed by atoms with Gasteiger partial charge in [-0.1, -0.05) is 6.07 Å². The van der Waals surface area contributed by atoms with Crippen LogP contribution in [0.5, 0.6) is 11.5 Å². The molecule has 2 rings (SSSR count). The molecule has 1 saturated carbocycles. The minimum absolute atomic E-state index is 0.210. The summed E-state index contributed by atoms with van der Waals surface area (Å²) in [5.74, 6) is 0.783. The van der Waals surface area contributed by atoms with E-state index in [0.29, 0.717) is 24.4 Å². The third-order valence-corrected chi connectivity index (χ3v) is 4.12. The Balaban J connectivity index is 1.96. The molecule has 0 atom stereocenters. The fourth-order valence-corrected chi connectivity index (χ4v) is 2.89. The molecule has 0 radical (unpaired) electrons. The van der Waals surface area contributed by atoms with Gasteiger partial charge in [-0.3, -0.25) is 4.90 Å². The molecule has 0 heterocycles. The van der Waals surface area contributed by atoms with E-state index in [1.165, 1.54) is 18.4 Å². The number of nitrogens with zero attached hydrogens (tertiary/aromatic N) is 1. The standard InChI is InChI=1S/C16H26N2O2/c1-3-20-16-10-12(4-9-15(16)19)11-18(2)14-7-5-13(17)6-8-14/h4,9-10,13-14,19H,3,5-8,11,17H2,1-2H3. The SMILES string of the molecule is CCOc1cc(CN(C)C2CCC(N)CC2)ccc1O. The van der Waals surface area contributed by atoms with Crippen molar-refractivity contribution in [2.75, 3.05) is 13.7 Å². The quantitative estimate of drug-likeness (QED) is 0.869. The molecule has 1 aliphatic carbocycles. The summed E-state index contributed by atoms with van der Waals surface area (Å²) in [6.07, 6.45) is 4.59. The lowest BCUT2D eigenvalue weighted by molar-refractivity contribution is 0.176. The molecule has 4 nitrogen and oxygen atoms in total. The minimum atomic E-state index is 0.210. The summed E-state index contributed by atoms with van der Waals surface area (Å²) in [6.45, 7) is 3.36. The van der Waals surface area contributed by atoms with Crippen LogP contribution in [0.1, 0.15) is 38.2 Å². The van der Waals surface area contributed by atoms with E-state index >= 15 is 0 Å². The Morgan fingerprint density at radius 2 is 2.00 bits per heavy atom. The van der Waals surface area contributed by atoms with Crippen molar-refractivity contribution in [3.63, 3.8) is 0 Å². The van der Waals surface area contributed by atoms with Crippen molar-refractivity contribution in [3.05, 3.63) is 23.8 Å². The Hall–Kier alpha value is -1.26. The van der Waals surface area contributed by atoms with Crippen LogP contribution >= 0.6 is 0 Å². The summed E-state index contributed by atoms with van der Waals surface area (Å²) in [6, 6.07) is 6.61. The van der Waals surface area contributed by atoms with Gasteiger partial charge in [-0.2, -0.15) is 0 Å². The van der Waals surface area contributed by atoms with Gasteiger partial charge in [0.2, 0.25) is 0 Å². The Morgan fingerprint density at radius 1 is 1.30 bits per heavy atom. The number of phenolic OH excluding ortho intramolecular Hbond substituents is 1. The molecular formula is C16H26N2O2. The Labute approximate surface area is 121 Å². The van der Waals surface area contributed by atoms with E-state index in [4.69, 9.17) is 10.5 Å². The van der Waals surface area contributed by atoms with Gasteiger partial charge in [0.1, 0.15) is 0 Å². The monoisotopic (exact) mass is 278 g/mol. The number of rotatable bonds is 5. The van der Waals surface area contributed by atoms with Crippen LogP contribution in [0.15, 0.2) is 18.2 Å². The molecule has 20 heavy (non-hydrogen) atoms. The van der Waals surface area contributed by atoms with E-state index in [9.17, 15) is 5.11 Å². The first-order valence-corrected chi connectivity index (χ1v) is 7.50. The molecule has 0 unspecified atom stereocenters. The first kappa shape index (κ1) is 15.1. The van der Waals surface area contributed by atoms with Gasteiger partial charge in [0, 0.05) is 18.6 Å². The summed E-state index contributed by atoms with van der Waals surface area (Å²) in [5, 5.41) is 9.73. The van der Waals surface area contributed by atoms with E-state index in [1.54, 1.807) is 6.07 Å². The molecule has 0 aromatic heterocycles. The second kappa shape index (κ2) is 6.95. The summed E-state index contributed by atoms with van der Waals surface area (Å²) in [4.78, 5) is 2.38. The summed E-state index contributed by atoms with van der Waals surface area (Å²) >= 11 is 0. The lowest BCUT2D eigenvalue weighted by Gasteiger charge is -2.33. The van der Waals surface area contributed by atoms with Gasteiger partial charge in [0.15, 0.2) is 11.5 Å². The zero-order valence-corrected chi connectivity index (χ0v) is 12.5. The lowest BCUT2D eigenvalue weighted by Crippen LogP contribution is -2.38. The van der Waals surface area contributed by atoms with Crippen molar-refractivity contribution in [2.24, 2.45) is 5.73 Å². The van der Waals surface area contributed by atoms with E-state index in [0.717, 1.165) is 19.4 Å². The van der Waals surface area contributed by atoms with Gasteiger partial charge in [-0.05, 0) is 57.4 Å². The normalized spacial score (nSPS) is 23.0. The first-order chi connectivity index (χ1) is 9.60. The highest BCUT2D eigenvalue weighted by molar-refractivity contribution is 5.41. The number of ether oxygens (including phenoxy) is 1. The first-order valence-electron chi connectivity index (χ1n) is 7.50. The summed E-state index contributed by atoms with van der Waals surface area (Å²) < 4.78 is 5.43. The molecule has 3 N–H and O–H groups in total. The highest BCUT2D eigenvalue weighted by Crippen LogP contribution is 2.28. The van der Waals surface area contributed by atoms with Crippen LogP contribution in [0.3, 0.4) is 0 Å². The van der Waals surface area contributed by atoms with Crippen LogP contribution in [-0.2, 0) is 6.54 Å². The third-order valence-electron chi connectivity index (χ3n) is 4.12. The van der Waals surface area contributed by atoms with Gasteiger partial charge in [-0.25, -0.2) is 0 Å². The van der Waals surface area contributed by atoms with Gasteiger partial charge in [0.05, 0.1) is 6.61 Å². The molecule has 0 saturated heterocycles. The van der Waals surface area contributed by atoms with E-state index in [-0.39, 0.29) is 5.75 Å². The molecule has 1 aliphatic rings. The van der Waals surface area contributed by atoms with Crippen molar-refractivity contribution in [2.45, 2.75) is 51.2 Å². The fraction of sp³-hybridized carbons (Fsp3) is 0.625. The second-order valence-electron chi connectivity index (χ2n) is 5.72. The van der Waals surface area contributed by atoms with E-state index < -0.39 is 0 Å². The molecule has 0 bridgehead atoms. The number of benzene rings is 1. The number of hydrogen-bond donors (Lipinski definition) is 2. The molecule has 4 heteroatoms. The molecule has 0 amide bonds. The Kier molecular flexibility index (Phi) is 5.26. The Morgan fingerprint density at radius 3 is 2.65 bits per heavy atom. The molecule has 1 aromatic rings. The molecular weight excluding hydrogens is 252 g/mol. The van der Waals surface area contributed by atoms with Crippen LogP contribution in [0.2, 0.25) is 0 Å². The average Bonchev–Trinajstić information content (AvgIpc) is 2.43. The maximum Gasteiger partial charge on any atom is 0.161 e. The smallest absolute Gasteiger partial charge is 0.161 e. The van der Waals surface area contributed by atoms with E-state index in [1.807, 2.05) is 19.1 Å². The van der Waals surface area contributed by atoms with Gasteiger partial charge in [-0.15, -0.1) is 0 Å². The van der Waals surface area contributed by atoms with Crippen LogP contribution in [0.4, 0.5) is 0 Å². The van der Waals surface area contributed by atoms with Crippen molar-refractivity contribution >= 4 is 0 Å². The number of nitrogens with two attached hydrogens (primary N) is 1. The molecule has 112 valence electrons. The fourth-order valence-electron chi connectivity index (χ4n) is 2.89. The van der Waals surface area contributed by atoms with Crippen molar-refractivity contribution in [1.82, 2.24) is 4.90 Å². The lowest BCUT2D eigenvalue weighted by atomic mass is 9.91. The molecule has 1 fully saturated rings. The van der Waals surface area contributed by atoms with Gasteiger partial charge >= 0.3 is 0 Å². The number of hydrogen-bond acceptors (Lipinski definition) is 4. The highest BCUT2D eigenvalue weighted by atomic mass is 16.5. The maximum absolute atomic E-state index is 9.73. The molecule has 1 aromatic carbocycles. The summed E-state index contributed by atoms with van der Waals surface area (Å²) in [5.41, 5.74) is 7.13. The predicted molar refractivity (Wildman–Crippen MR) is 81.0 cm³/mol. The van der Waals surface area contributed by atoms with Gasteiger partial charge < -0.3 is 15.6 Å². The van der Waals surface area contributed by atoms with Crippen LogP contribution in [-0.4, -0.2) is 35.7 Å². The van der Waals surface area contributed by atoms with Crippen molar-refractivity contribution < 1.29 is 9.84 Å². The maximum atomic E-state index is 9.73. The number of phenols is 1. The minimum Gasteiger partial charge on any atom is -0.504 e. The predicted octanol–water partition coefficient (Wildman–Crippen LogP) is 2.49. The topological polar surface area (TPSA) is 58.7 Å². The zero-order chi connectivity index (χ0) is 14.5. The largest absolute Gasteiger partial charge is 0.504 e. The summed E-state index contributed by atoms with van der Waals surface area (Å²) in [7, 11) is 2.16. The average molecular weight is 278 g/mol. The third kappa shape index (κ3) is 3.87. The van der Waals surface area contributed by atoms with E-state index in [2.05, 4.69) is 11.9 Å². The zero-order valence-electron chi connectivity index (χ0n) is 12.5. The number of aromatic hydroxyl groups is 1. The van der Waals surface area contributed by atoms with Crippen LogP contribution in [0.25, 0.3) is 0 Å². The molecule has 0 aliphatic heterocycles. The van der Waals surface area contributed by atoms with Crippen molar-refractivity contribution in [1.29, 1.82) is 0 Å². The highest BCUT2D eigenvalue weighted by Gasteiger charge is 2.22. The van der Waals surface area contributed by atoms with Crippen LogP contribution in [0, 0.1) is 0 Å². The Bertz CT molecular complexity index is 428.